The molecule has 5 atom stereocenters. The Labute approximate surface area is 193 Å². The Bertz CT molecular complexity index is 565. The van der Waals surface area contributed by atoms with Crippen LogP contribution in [0.2, 0.25) is 25.2 Å². The molecule has 1 rings (SSSR count). The fourth-order valence-electron chi connectivity index (χ4n) is 3.52. The summed E-state index contributed by atoms with van der Waals surface area (Å²) < 4.78 is 42.6. The predicted octanol–water partition coefficient (Wildman–Crippen LogP) is 2.00. The highest BCUT2D eigenvalue weighted by molar-refractivity contribution is 7.79. The number of unbranched alkanes of at least 4 members (excludes halogenated alkanes) is 7. The minimum Gasteiger partial charge on any atom is -0.394 e. The Kier molecular flexibility index (Phi) is 16.4. The fourth-order valence-corrected chi connectivity index (χ4v) is 5.65. The molecule has 1 saturated heterocycles. The van der Waals surface area contributed by atoms with Crippen molar-refractivity contribution >= 4 is 18.5 Å². The summed E-state index contributed by atoms with van der Waals surface area (Å²) in [6, 6.07) is 2.22. The van der Waals surface area contributed by atoms with E-state index in [2.05, 4.69) is 20.0 Å². The molecule has 0 aliphatic carbocycles. The van der Waals surface area contributed by atoms with E-state index in [0.29, 0.717) is 6.61 Å². The molecule has 0 aromatic carbocycles. The minimum absolute atomic E-state index is 0.427. The molecule has 0 aromatic heterocycles. The van der Waals surface area contributed by atoms with Gasteiger partial charge in [-0.2, -0.15) is 8.42 Å². The van der Waals surface area contributed by atoms with Gasteiger partial charge in [0.25, 0.3) is 0 Å². The molecule has 0 unspecified atom stereocenters. The first-order valence-corrected chi connectivity index (χ1v) is 16.3. The van der Waals surface area contributed by atoms with E-state index in [4.69, 9.17) is 27.0 Å². The molecule has 194 valence electrons. The fraction of sp³-hybridized carbons (Fsp3) is 1.00. The van der Waals surface area contributed by atoms with Crippen molar-refractivity contribution in [2.75, 3.05) is 13.2 Å². The molecule has 0 saturated carbocycles. The van der Waals surface area contributed by atoms with Crippen LogP contribution in [-0.2, 0) is 19.9 Å². The third kappa shape index (κ3) is 15.6. The maximum atomic E-state index is 10.00. The molecule has 1 aliphatic rings. The minimum atomic E-state index is -4.67. The van der Waals surface area contributed by atoms with Crippen molar-refractivity contribution in [3.05, 3.63) is 0 Å². The molecule has 0 radical (unpaired) electrons. The SMILES string of the molecule is CCCCCCCCCC[Si](C)(C)CCO[C@H]1O[C@H](CO)[C@@H](O)[C@H](O)[C@H]1O.O=S(=O)(O)O. The van der Waals surface area contributed by atoms with E-state index in [9.17, 15) is 20.4 Å². The maximum Gasteiger partial charge on any atom is 0.394 e. The van der Waals surface area contributed by atoms with E-state index in [0.717, 1.165) is 6.04 Å². The molecule has 1 heterocycles. The molecule has 0 bridgehead atoms. The number of hydrogen-bond donors (Lipinski definition) is 6. The van der Waals surface area contributed by atoms with Crippen LogP contribution in [0, 0.1) is 0 Å². The van der Waals surface area contributed by atoms with Crippen molar-refractivity contribution in [3.63, 3.8) is 0 Å². The molecule has 10 nitrogen and oxygen atoms in total. The lowest BCUT2D eigenvalue weighted by Crippen LogP contribution is -2.59. The average molecular weight is 505 g/mol. The molecular formula is C20H44O10SSi. The number of aliphatic hydroxyl groups excluding tert-OH is 4. The monoisotopic (exact) mass is 504 g/mol. The van der Waals surface area contributed by atoms with Crippen LogP contribution >= 0.6 is 0 Å². The highest BCUT2D eigenvalue weighted by Crippen LogP contribution is 2.24. The standard InChI is InChI=1S/C20H42O6Si.H2O4S/c1-4-5-6-7-8-9-10-11-13-27(2,3)14-12-25-20-19(24)18(23)17(22)16(15-21)26-20;1-5(2,3)4/h16-24H,4-15H2,1-3H3;(H2,1,2,3,4)/t16-,17-,18+,19-,20+;/m1./s1. The largest absolute Gasteiger partial charge is 0.394 e. The number of ether oxygens (including phenoxy) is 2. The van der Waals surface area contributed by atoms with Crippen molar-refractivity contribution in [2.24, 2.45) is 0 Å². The number of rotatable bonds is 14. The predicted molar refractivity (Wildman–Crippen MR) is 124 cm³/mol. The van der Waals surface area contributed by atoms with Crippen molar-refractivity contribution in [3.8, 4) is 0 Å². The van der Waals surface area contributed by atoms with E-state index in [1.165, 1.54) is 57.4 Å². The summed E-state index contributed by atoms with van der Waals surface area (Å²) in [5.74, 6) is 0. The summed E-state index contributed by atoms with van der Waals surface area (Å²) in [5.41, 5.74) is 0. The molecule has 12 heteroatoms. The topological polar surface area (TPSA) is 174 Å². The first kappa shape index (κ1) is 31.8. The summed E-state index contributed by atoms with van der Waals surface area (Å²) in [4.78, 5) is 0. The van der Waals surface area contributed by atoms with Crippen molar-refractivity contribution in [1.82, 2.24) is 0 Å². The third-order valence-electron chi connectivity index (χ3n) is 5.62. The molecule has 32 heavy (non-hydrogen) atoms. The van der Waals surface area contributed by atoms with Crippen LogP contribution in [0.5, 0.6) is 0 Å². The van der Waals surface area contributed by atoms with E-state index < -0.39 is 55.8 Å². The van der Waals surface area contributed by atoms with Gasteiger partial charge in [0.05, 0.1) is 6.61 Å². The molecular weight excluding hydrogens is 460 g/mol. The number of aliphatic hydroxyl groups is 4. The van der Waals surface area contributed by atoms with Crippen LogP contribution in [0.4, 0.5) is 0 Å². The lowest BCUT2D eigenvalue weighted by molar-refractivity contribution is -0.300. The Morgan fingerprint density at radius 2 is 1.34 bits per heavy atom. The van der Waals surface area contributed by atoms with Gasteiger partial charge < -0.3 is 29.9 Å². The molecule has 0 aromatic rings. The van der Waals surface area contributed by atoms with E-state index in [-0.39, 0.29) is 0 Å². The normalized spacial score (nSPS) is 26.5. The van der Waals surface area contributed by atoms with Gasteiger partial charge in [-0.05, 0) is 6.04 Å². The highest BCUT2D eigenvalue weighted by Gasteiger charge is 2.44. The molecule has 0 amide bonds. The smallest absolute Gasteiger partial charge is 0.394 e. The summed E-state index contributed by atoms with van der Waals surface area (Å²) >= 11 is 0. The summed E-state index contributed by atoms with van der Waals surface area (Å²) in [7, 11) is -6.04. The van der Waals surface area contributed by atoms with Gasteiger partial charge in [0.2, 0.25) is 0 Å². The van der Waals surface area contributed by atoms with Crippen molar-refractivity contribution in [2.45, 2.75) is 114 Å². The summed E-state index contributed by atoms with van der Waals surface area (Å²) in [6.07, 6.45) is 4.71. The van der Waals surface area contributed by atoms with Gasteiger partial charge in [-0.1, -0.05) is 77.4 Å². The third-order valence-corrected chi connectivity index (χ3v) is 8.88. The van der Waals surface area contributed by atoms with Crippen LogP contribution in [0.25, 0.3) is 0 Å². The second kappa shape index (κ2) is 16.5. The maximum absolute atomic E-state index is 10.00. The lowest BCUT2D eigenvalue weighted by atomic mass is 9.99. The second-order valence-electron chi connectivity index (χ2n) is 9.15. The zero-order valence-corrected chi connectivity index (χ0v) is 21.4. The Morgan fingerprint density at radius 1 is 0.844 bits per heavy atom. The van der Waals surface area contributed by atoms with Crippen molar-refractivity contribution in [1.29, 1.82) is 0 Å². The van der Waals surface area contributed by atoms with E-state index in [1.54, 1.807) is 0 Å². The van der Waals surface area contributed by atoms with Gasteiger partial charge in [-0.3, -0.25) is 9.11 Å². The number of hydrogen-bond acceptors (Lipinski definition) is 8. The van der Waals surface area contributed by atoms with Gasteiger partial charge >= 0.3 is 10.4 Å². The molecule has 0 spiro atoms. The van der Waals surface area contributed by atoms with Crippen LogP contribution in [-0.4, -0.2) is 89.9 Å². The van der Waals surface area contributed by atoms with Gasteiger partial charge in [-0.25, -0.2) is 0 Å². The second-order valence-corrected chi connectivity index (χ2v) is 15.4. The van der Waals surface area contributed by atoms with Crippen LogP contribution in [0.15, 0.2) is 0 Å². The quantitative estimate of drug-likeness (QED) is 0.117. The molecule has 6 N–H and O–H groups in total. The first-order valence-electron chi connectivity index (χ1n) is 11.4. The zero-order valence-electron chi connectivity index (χ0n) is 19.6. The summed E-state index contributed by atoms with van der Waals surface area (Å²) in [5, 5.41) is 38.8. The van der Waals surface area contributed by atoms with Crippen LogP contribution < -0.4 is 0 Å². The van der Waals surface area contributed by atoms with E-state index in [1.807, 2.05) is 0 Å². The molecule has 1 aliphatic heterocycles. The summed E-state index contributed by atoms with van der Waals surface area (Å²) in [6.45, 7) is 6.98. The lowest BCUT2D eigenvalue weighted by Gasteiger charge is -2.39. The average Bonchev–Trinajstić information content (AvgIpc) is 2.68. The van der Waals surface area contributed by atoms with Gasteiger partial charge in [0, 0.05) is 14.7 Å². The van der Waals surface area contributed by atoms with Gasteiger partial charge in [0.15, 0.2) is 6.29 Å². The zero-order chi connectivity index (χ0) is 24.8. The Balaban J connectivity index is 0.00000172. The van der Waals surface area contributed by atoms with Crippen LogP contribution in [0.1, 0.15) is 58.3 Å². The van der Waals surface area contributed by atoms with Gasteiger partial charge in [0.1, 0.15) is 24.4 Å². The first-order chi connectivity index (χ1) is 14.8. The van der Waals surface area contributed by atoms with Gasteiger partial charge in [-0.15, -0.1) is 0 Å². The van der Waals surface area contributed by atoms with Crippen molar-refractivity contribution < 1.29 is 47.4 Å². The highest BCUT2D eigenvalue weighted by atomic mass is 32.3. The molecule has 1 fully saturated rings. The Hall–Kier alpha value is -0.153. The van der Waals surface area contributed by atoms with E-state index >= 15 is 0 Å². The van der Waals surface area contributed by atoms with Crippen LogP contribution in [0.3, 0.4) is 0 Å². The Morgan fingerprint density at radius 3 is 1.84 bits per heavy atom.